The molecule has 0 bridgehead atoms. The first-order chi connectivity index (χ1) is 9.08. The predicted octanol–water partition coefficient (Wildman–Crippen LogP) is 4.24. The van der Waals surface area contributed by atoms with Crippen LogP contribution >= 0.6 is 22.6 Å². The lowest BCUT2D eigenvalue weighted by atomic mass is 9.78. The molecule has 0 radical (unpaired) electrons. The van der Waals surface area contributed by atoms with Crippen molar-refractivity contribution in [2.75, 3.05) is 0 Å². The van der Waals surface area contributed by atoms with Crippen molar-refractivity contribution in [1.82, 2.24) is 5.32 Å². The van der Waals surface area contributed by atoms with E-state index in [0.29, 0.717) is 17.9 Å². The molecule has 1 fully saturated rings. The molecule has 1 N–H and O–H groups in total. The number of carbonyl (C=O) groups excluding carboxylic acids is 1. The van der Waals surface area contributed by atoms with E-state index in [1.54, 1.807) is 0 Å². The Labute approximate surface area is 129 Å². The van der Waals surface area contributed by atoms with Crippen molar-refractivity contribution in [3.05, 3.63) is 33.4 Å². The average Bonchev–Trinajstić information content (AvgIpc) is 2.39. The van der Waals surface area contributed by atoms with Crippen LogP contribution < -0.4 is 5.32 Å². The fourth-order valence-corrected chi connectivity index (χ4v) is 3.56. The molecule has 1 aliphatic rings. The van der Waals surface area contributed by atoms with Crippen molar-refractivity contribution in [3.63, 3.8) is 0 Å². The van der Waals surface area contributed by atoms with Gasteiger partial charge in [-0.3, -0.25) is 4.79 Å². The summed E-state index contributed by atoms with van der Waals surface area (Å²) in [5.74, 6) is 1.35. The number of nitrogens with one attached hydrogen (secondary N) is 1. The number of amides is 1. The van der Waals surface area contributed by atoms with E-state index in [2.05, 4.69) is 41.8 Å². The van der Waals surface area contributed by atoms with Crippen LogP contribution in [0.15, 0.2) is 24.3 Å². The van der Waals surface area contributed by atoms with Crippen molar-refractivity contribution < 1.29 is 4.79 Å². The van der Waals surface area contributed by atoms with E-state index in [9.17, 15) is 4.79 Å². The molecule has 3 heteroatoms. The zero-order valence-electron chi connectivity index (χ0n) is 11.7. The lowest BCUT2D eigenvalue weighted by Gasteiger charge is -2.34. The van der Waals surface area contributed by atoms with Crippen LogP contribution in [0.2, 0.25) is 0 Å². The average molecular weight is 371 g/mol. The number of benzene rings is 1. The van der Waals surface area contributed by atoms with Gasteiger partial charge in [-0.15, -0.1) is 0 Å². The van der Waals surface area contributed by atoms with Crippen LogP contribution in [0, 0.1) is 15.4 Å². The Morgan fingerprint density at radius 1 is 1.32 bits per heavy atom. The Kier molecular flexibility index (Phi) is 5.25. The molecule has 2 nitrogen and oxygen atoms in total. The summed E-state index contributed by atoms with van der Waals surface area (Å²) in [7, 11) is 0. The lowest BCUT2D eigenvalue weighted by molar-refractivity contribution is 0.0889. The molecule has 1 aliphatic carbocycles. The third-order valence-electron chi connectivity index (χ3n) is 4.08. The summed E-state index contributed by atoms with van der Waals surface area (Å²) in [6.07, 6.45) is 4.91. The molecule has 2 rings (SSSR count). The monoisotopic (exact) mass is 371 g/mol. The molecule has 19 heavy (non-hydrogen) atoms. The predicted molar refractivity (Wildman–Crippen MR) is 87.2 cm³/mol. The Bertz CT molecular complexity index is 444. The normalized spacial score (nSPS) is 23.4. The summed E-state index contributed by atoms with van der Waals surface area (Å²) in [5.41, 5.74) is 0.778. The highest BCUT2D eigenvalue weighted by Crippen LogP contribution is 2.30. The zero-order valence-corrected chi connectivity index (χ0v) is 13.8. The molecular weight excluding hydrogens is 349 g/mol. The third-order valence-corrected chi connectivity index (χ3v) is 4.75. The molecule has 1 amide bonds. The van der Waals surface area contributed by atoms with Crippen molar-refractivity contribution in [2.45, 2.75) is 45.6 Å². The molecule has 0 aliphatic heterocycles. The van der Waals surface area contributed by atoms with Gasteiger partial charge < -0.3 is 5.32 Å². The standard InChI is InChI=1S/C16H22INO/c1-11(2)14-8-3-4-9-15(14)18-16(19)12-6-5-7-13(17)10-12/h5-7,10-11,14-15H,3-4,8-9H2,1-2H3,(H,18,19). The first-order valence-corrected chi connectivity index (χ1v) is 8.22. The van der Waals surface area contributed by atoms with E-state index in [4.69, 9.17) is 0 Å². The van der Waals surface area contributed by atoms with E-state index in [0.717, 1.165) is 15.6 Å². The van der Waals surface area contributed by atoms with Crippen LogP contribution in [0.25, 0.3) is 0 Å². The number of halogens is 1. The van der Waals surface area contributed by atoms with Gasteiger partial charge in [0.25, 0.3) is 5.91 Å². The van der Waals surface area contributed by atoms with Crippen molar-refractivity contribution in [3.8, 4) is 0 Å². The van der Waals surface area contributed by atoms with Gasteiger partial charge in [0.1, 0.15) is 0 Å². The minimum atomic E-state index is 0.0797. The van der Waals surface area contributed by atoms with Gasteiger partial charge in [-0.25, -0.2) is 0 Å². The lowest BCUT2D eigenvalue weighted by Crippen LogP contribution is -2.43. The number of rotatable bonds is 3. The maximum Gasteiger partial charge on any atom is 0.251 e. The minimum absolute atomic E-state index is 0.0797. The molecule has 2 unspecified atom stereocenters. The van der Waals surface area contributed by atoms with E-state index >= 15 is 0 Å². The molecular formula is C16H22INO. The van der Waals surface area contributed by atoms with Crippen LogP contribution in [0.5, 0.6) is 0 Å². The van der Waals surface area contributed by atoms with Gasteiger partial charge in [0.05, 0.1) is 0 Å². The summed E-state index contributed by atoms with van der Waals surface area (Å²) in [6, 6.07) is 8.14. The summed E-state index contributed by atoms with van der Waals surface area (Å²) >= 11 is 2.24. The zero-order chi connectivity index (χ0) is 13.8. The van der Waals surface area contributed by atoms with Crippen LogP contribution in [-0.4, -0.2) is 11.9 Å². The van der Waals surface area contributed by atoms with Gasteiger partial charge in [0.15, 0.2) is 0 Å². The van der Waals surface area contributed by atoms with Crippen LogP contribution in [0.1, 0.15) is 49.9 Å². The highest BCUT2D eigenvalue weighted by atomic mass is 127. The van der Waals surface area contributed by atoms with Gasteiger partial charge in [0, 0.05) is 15.2 Å². The van der Waals surface area contributed by atoms with Crippen molar-refractivity contribution in [2.24, 2.45) is 11.8 Å². The topological polar surface area (TPSA) is 29.1 Å². The molecule has 1 saturated carbocycles. The Morgan fingerprint density at radius 2 is 2.05 bits per heavy atom. The molecule has 1 aromatic carbocycles. The maximum absolute atomic E-state index is 12.3. The second-order valence-corrected chi connectivity index (χ2v) is 7.03. The van der Waals surface area contributed by atoms with Crippen LogP contribution in [-0.2, 0) is 0 Å². The summed E-state index contributed by atoms with van der Waals surface area (Å²) in [6.45, 7) is 4.53. The van der Waals surface area contributed by atoms with Gasteiger partial charge in [-0.1, -0.05) is 32.8 Å². The largest absolute Gasteiger partial charge is 0.349 e. The molecule has 2 atom stereocenters. The molecule has 1 aromatic rings. The molecule has 104 valence electrons. The number of carbonyl (C=O) groups is 1. The van der Waals surface area contributed by atoms with E-state index < -0.39 is 0 Å². The molecule has 0 aromatic heterocycles. The third kappa shape index (κ3) is 3.94. The van der Waals surface area contributed by atoms with Crippen LogP contribution in [0.3, 0.4) is 0 Å². The van der Waals surface area contributed by atoms with E-state index in [1.165, 1.54) is 19.3 Å². The summed E-state index contributed by atoms with van der Waals surface area (Å²) < 4.78 is 1.11. The molecule has 0 spiro atoms. The first kappa shape index (κ1) is 14.8. The summed E-state index contributed by atoms with van der Waals surface area (Å²) in [5, 5.41) is 3.25. The highest BCUT2D eigenvalue weighted by molar-refractivity contribution is 14.1. The van der Waals surface area contributed by atoms with E-state index in [1.807, 2.05) is 24.3 Å². The fraction of sp³-hybridized carbons (Fsp3) is 0.562. The Morgan fingerprint density at radius 3 is 2.74 bits per heavy atom. The maximum atomic E-state index is 12.3. The second-order valence-electron chi connectivity index (χ2n) is 5.78. The molecule has 0 saturated heterocycles. The Hall–Kier alpha value is -0.580. The fourth-order valence-electron chi connectivity index (χ4n) is 3.02. The van der Waals surface area contributed by atoms with Gasteiger partial charge in [0.2, 0.25) is 0 Å². The first-order valence-electron chi connectivity index (χ1n) is 7.14. The highest BCUT2D eigenvalue weighted by Gasteiger charge is 2.28. The van der Waals surface area contributed by atoms with Crippen LogP contribution in [0.4, 0.5) is 0 Å². The van der Waals surface area contributed by atoms with Gasteiger partial charge in [-0.2, -0.15) is 0 Å². The number of hydrogen-bond acceptors (Lipinski definition) is 1. The quantitative estimate of drug-likeness (QED) is 0.792. The molecule has 0 heterocycles. The Balaban J connectivity index is 2.04. The minimum Gasteiger partial charge on any atom is -0.349 e. The van der Waals surface area contributed by atoms with Crippen molar-refractivity contribution in [1.29, 1.82) is 0 Å². The SMILES string of the molecule is CC(C)C1CCCCC1NC(=O)c1cccc(I)c1. The smallest absolute Gasteiger partial charge is 0.251 e. The van der Waals surface area contributed by atoms with E-state index in [-0.39, 0.29) is 5.91 Å². The van der Waals surface area contributed by atoms with Gasteiger partial charge in [-0.05, 0) is 65.5 Å². The van der Waals surface area contributed by atoms with Gasteiger partial charge >= 0.3 is 0 Å². The summed E-state index contributed by atoms with van der Waals surface area (Å²) in [4.78, 5) is 12.3. The van der Waals surface area contributed by atoms with Crippen molar-refractivity contribution >= 4 is 28.5 Å². The second kappa shape index (κ2) is 6.73. The number of hydrogen-bond donors (Lipinski definition) is 1.